The lowest BCUT2D eigenvalue weighted by Crippen LogP contribution is -2.53. The first kappa shape index (κ1) is 54.3. The van der Waals surface area contributed by atoms with Crippen molar-refractivity contribution in [2.75, 3.05) is 39.9 Å². The fraction of sp³-hybridized carbons (Fsp3) is 0.407. The van der Waals surface area contributed by atoms with Crippen LogP contribution in [0.1, 0.15) is 113 Å². The summed E-state index contributed by atoms with van der Waals surface area (Å²) in [5.74, 6) is 0.935. The molecule has 0 aromatic heterocycles. The van der Waals surface area contributed by atoms with Crippen LogP contribution in [0.4, 0.5) is 17.1 Å². The number of benzene rings is 4. The zero-order valence-corrected chi connectivity index (χ0v) is 45.2. The highest BCUT2D eigenvalue weighted by atomic mass is 16.5. The van der Waals surface area contributed by atoms with E-state index < -0.39 is 23.9 Å². The first-order valence-electron chi connectivity index (χ1n) is 25.7. The molecular weight excluding hydrogens is 967 g/mol. The standard InChI is InChI=1S/C59H69N7O10/c1-12-52(67)64-53(34(2)3)55(69)62-35(4)54(68)63-40-17-13-36(14-18-40)38-21-41-27-60-46-25-50(48(73-10)23-44(46)56(70)65(41)29-38)75-32-58(5,6)31-59(7,8)33-76-51-26-47-45(24-49(51)74-11)57(71)66-30-39(22-42(66)28-61-47)37-15-19-43(72-9)20-16-37/h13-20,23-30,34-35,41-42,53H,12,21-22,31-33H2,1-11H3,(H,62,69)(H,63,68)(H,64,67)/t35-,41?,42-,53?/m0/s1. The van der Waals surface area contributed by atoms with Gasteiger partial charge in [0.05, 0.1) is 69.1 Å². The molecule has 8 rings (SSSR count). The first-order valence-corrected chi connectivity index (χ1v) is 25.7. The monoisotopic (exact) mass is 1040 g/mol. The second kappa shape index (κ2) is 22.5. The minimum Gasteiger partial charge on any atom is -0.497 e. The summed E-state index contributed by atoms with van der Waals surface area (Å²) in [4.78, 5) is 79.1. The average molecular weight is 1040 g/mol. The summed E-state index contributed by atoms with van der Waals surface area (Å²) >= 11 is 0. The highest BCUT2D eigenvalue weighted by molar-refractivity contribution is 6.07. The van der Waals surface area contributed by atoms with Crippen molar-refractivity contribution >= 4 is 70.2 Å². The molecule has 2 unspecified atom stereocenters. The SMILES string of the molecule is CCC(=O)NC(C(=O)N[C@@H](C)C(=O)Nc1ccc(C2=CN3C(=O)c4cc(OC)c(OCC(C)(C)CC(C)(C)COc5cc6c(cc5OC)C(=O)N5C=C(c7ccc(OC)cc7)C[C@H]5C=N6)cc4N=CC3C2)cc1)C(C)C. The Balaban J connectivity index is 0.865. The van der Waals surface area contributed by atoms with Crippen LogP contribution in [0.25, 0.3) is 11.1 Å². The second-order valence-electron chi connectivity index (χ2n) is 21.6. The van der Waals surface area contributed by atoms with E-state index in [9.17, 15) is 24.0 Å². The number of carbonyl (C=O) groups is 5. The topological polar surface area (TPSA) is 199 Å². The van der Waals surface area contributed by atoms with Crippen LogP contribution in [-0.4, -0.2) is 110 Å². The molecule has 4 aliphatic rings. The molecule has 0 radical (unpaired) electrons. The largest absolute Gasteiger partial charge is 0.497 e. The molecule has 76 heavy (non-hydrogen) atoms. The predicted molar refractivity (Wildman–Crippen MR) is 293 cm³/mol. The van der Waals surface area contributed by atoms with Gasteiger partial charge in [0.2, 0.25) is 17.7 Å². The summed E-state index contributed by atoms with van der Waals surface area (Å²) in [6.07, 6.45) is 9.45. The van der Waals surface area contributed by atoms with E-state index in [1.54, 1.807) is 87.6 Å². The maximum Gasteiger partial charge on any atom is 0.260 e. The molecule has 0 bridgehead atoms. The van der Waals surface area contributed by atoms with Crippen molar-refractivity contribution in [2.24, 2.45) is 26.7 Å². The summed E-state index contributed by atoms with van der Waals surface area (Å²) in [5, 5.41) is 8.27. The Morgan fingerprint density at radius 2 is 1.12 bits per heavy atom. The van der Waals surface area contributed by atoms with Gasteiger partial charge in [-0.1, -0.05) is 72.7 Å². The molecule has 0 saturated carbocycles. The summed E-state index contributed by atoms with van der Waals surface area (Å²) in [6, 6.07) is 19.8. The van der Waals surface area contributed by atoms with Crippen molar-refractivity contribution in [3.8, 4) is 28.7 Å². The molecule has 17 nitrogen and oxygen atoms in total. The molecule has 4 aromatic rings. The van der Waals surface area contributed by atoms with Crippen LogP contribution in [0.5, 0.6) is 28.7 Å². The Kier molecular flexibility index (Phi) is 16.1. The minimum atomic E-state index is -0.856. The van der Waals surface area contributed by atoms with E-state index in [1.807, 2.05) is 68.9 Å². The molecular formula is C59H69N7O10. The number of hydrogen-bond acceptors (Lipinski definition) is 12. The van der Waals surface area contributed by atoms with Gasteiger partial charge in [-0.25, -0.2) is 0 Å². The van der Waals surface area contributed by atoms with Crippen molar-refractivity contribution in [3.63, 3.8) is 0 Å². The van der Waals surface area contributed by atoms with E-state index in [2.05, 4.69) is 43.6 Å². The van der Waals surface area contributed by atoms with E-state index in [0.29, 0.717) is 83.7 Å². The van der Waals surface area contributed by atoms with Gasteiger partial charge in [-0.15, -0.1) is 0 Å². The number of nitrogens with one attached hydrogen (secondary N) is 3. The zero-order chi connectivity index (χ0) is 54.6. The van der Waals surface area contributed by atoms with Crippen LogP contribution >= 0.6 is 0 Å². The molecule has 4 aliphatic heterocycles. The van der Waals surface area contributed by atoms with E-state index in [0.717, 1.165) is 28.0 Å². The molecule has 3 N–H and O–H groups in total. The fourth-order valence-electron chi connectivity index (χ4n) is 10.1. The van der Waals surface area contributed by atoms with Gasteiger partial charge in [0.15, 0.2) is 23.0 Å². The average Bonchev–Trinajstić information content (AvgIpc) is 3.99. The Hall–Kier alpha value is -7.95. The first-order chi connectivity index (χ1) is 36.2. The fourth-order valence-corrected chi connectivity index (χ4v) is 10.1. The van der Waals surface area contributed by atoms with Gasteiger partial charge in [0.1, 0.15) is 17.8 Å². The molecule has 0 saturated heterocycles. The van der Waals surface area contributed by atoms with Crippen molar-refractivity contribution in [1.29, 1.82) is 0 Å². The van der Waals surface area contributed by atoms with Crippen LogP contribution in [0, 0.1) is 16.7 Å². The number of aliphatic imine (C=N–C) groups is 2. The molecule has 0 spiro atoms. The van der Waals surface area contributed by atoms with E-state index in [1.165, 1.54) is 0 Å². The third-order valence-corrected chi connectivity index (χ3v) is 13.9. The Labute approximate surface area is 444 Å². The van der Waals surface area contributed by atoms with Crippen molar-refractivity contribution in [1.82, 2.24) is 20.4 Å². The summed E-state index contributed by atoms with van der Waals surface area (Å²) in [5.41, 5.74) is 5.51. The number of nitrogens with zero attached hydrogens (tertiary/aromatic N) is 4. The van der Waals surface area contributed by atoms with Crippen LogP contribution < -0.4 is 39.6 Å². The predicted octanol–water partition coefficient (Wildman–Crippen LogP) is 9.55. The molecule has 4 heterocycles. The number of amides is 5. The molecule has 0 aliphatic carbocycles. The number of hydrogen-bond donors (Lipinski definition) is 3. The smallest absolute Gasteiger partial charge is 0.260 e. The maximum absolute atomic E-state index is 14.2. The lowest BCUT2D eigenvalue weighted by atomic mass is 9.76. The van der Waals surface area contributed by atoms with Gasteiger partial charge in [0.25, 0.3) is 11.8 Å². The molecule has 4 aromatic carbocycles. The lowest BCUT2D eigenvalue weighted by molar-refractivity contribution is -0.131. The van der Waals surface area contributed by atoms with Crippen molar-refractivity contribution in [2.45, 2.75) is 105 Å². The summed E-state index contributed by atoms with van der Waals surface area (Å²) in [6.45, 7) is 16.1. The Bertz CT molecular complexity index is 3010. The van der Waals surface area contributed by atoms with Crippen LogP contribution in [0.2, 0.25) is 0 Å². The third kappa shape index (κ3) is 12.1. The Morgan fingerprint density at radius 3 is 1.55 bits per heavy atom. The normalized spacial score (nSPS) is 17.5. The van der Waals surface area contributed by atoms with E-state index in [4.69, 9.17) is 33.7 Å². The zero-order valence-electron chi connectivity index (χ0n) is 45.2. The second-order valence-corrected chi connectivity index (χ2v) is 21.6. The minimum absolute atomic E-state index is 0.162. The van der Waals surface area contributed by atoms with Crippen LogP contribution in [0.3, 0.4) is 0 Å². The number of carbonyl (C=O) groups excluding carboxylic acids is 5. The number of ether oxygens (including phenoxy) is 5. The van der Waals surface area contributed by atoms with Gasteiger partial charge in [-0.05, 0) is 88.8 Å². The van der Waals surface area contributed by atoms with Gasteiger partial charge in [-0.3, -0.25) is 34.0 Å². The number of anilines is 1. The van der Waals surface area contributed by atoms with Gasteiger partial charge in [0, 0.05) is 61.9 Å². The molecule has 17 heteroatoms. The highest BCUT2D eigenvalue weighted by Gasteiger charge is 2.37. The van der Waals surface area contributed by atoms with Crippen LogP contribution in [-0.2, 0) is 14.4 Å². The van der Waals surface area contributed by atoms with E-state index >= 15 is 0 Å². The highest BCUT2D eigenvalue weighted by Crippen LogP contribution is 2.44. The molecule has 0 fully saturated rings. The van der Waals surface area contributed by atoms with Crippen molar-refractivity contribution in [3.05, 3.63) is 107 Å². The number of rotatable bonds is 20. The summed E-state index contributed by atoms with van der Waals surface area (Å²) < 4.78 is 29.8. The number of fused-ring (bicyclic) bond motifs is 4. The van der Waals surface area contributed by atoms with Crippen molar-refractivity contribution < 1.29 is 47.7 Å². The van der Waals surface area contributed by atoms with E-state index in [-0.39, 0.29) is 53.0 Å². The molecule has 5 amide bonds. The molecule has 4 atom stereocenters. The Morgan fingerprint density at radius 1 is 0.645 bits per heavy atom. The van der Waals surface area contributed by atoms with Crippen LogP contribution in [0.15, 0.2) is 95.2 Å². The van der Waals surface area contributed by atoms with Gasteiger partial charge in [-0.2, -0.15) is 0 Å². The summed E-state index contributed by atoms with van der Waals surface area (Å²) in [7, 11) is 4.73. The molecule has 400 valence electrons. The van der Waals surface area contributed by atoms with Gasteiger partial charge < -0.3 is 49.4 Å². The number of methoxy groups -OCH3 is 3. The van der Waals surface area contributed by atoms with Gasteiger partial charge >= 0.3 is 0 Å². The quantitative estimate of drug-likeness (QED) is 0.0766. The third-order valence-electron chi connectivity index (χ3n) is 13.9. The maximum atomic E-state index is 14.2. The lowest BCUT2D eigenvalue weighted by Gasteiger charge is -2.35.